The van der Waals surface area contributed by atoms with Crippen molar-refractivity contribution in [3.8, 4) is 11.4 Å². The first kappa shape index (κ1) is 43.1. The van der Waals surface area contributed by atoms with E-state index in [2.05, 4.69) is 9.80 Å². The van der Waals surface area contributed by atoms with E-state index in [-0.39, 0.29) is 45.0 Å². The number of anilines is 4. The molecule has 18 heteroatoms. The maximum Gasteiger partial charge on any atom is 0.343 e. The van der Waals surface area contributed by atoms with Gasteiger partial charge in [-0.2, -0.15) is 9.97 Å². The molecule has 1 aromatic carbocycles. The molecule has 0 saturated carbocycles. The van der Waals surface area contributed by atoms with Crippen molar-refractivity contribution in [3.05, 3.63) is 63.4 Å². The highest BCUT2D eigenvalue weighted by atomic mass is 16.6. The third-order valence-electron chi connectivity index (χ3n) is 12.3. The number of aliphatic hydroxyl groups excluding tert-OH is 4. The molecule has 2 fully saturated rings. The van der Waals surface area contributed by atoms with Gasteiger partial charge in [-0.3, -0.25) is 4.79 Å². The van der Waals surface area contributed by atoms with Gasteiger partial charge >= 0.3 is 5.97 Å². The Bertz CT molecular complexity index is 2380. The molecule has 62 heavy (non-hydrogen) atoms. The van der Waals surface area contributed by atoms with E-state index in [9.17, 15) is 35.1 Å². The minimum absolute atomic E-state index is 0.0772. The summed E-state index contributed by atoms with van der Waals surface area (Å²) in [7, 11) is 0. The van der Waals surface area contributed by atoms with Crippen LogP contribution in [0.5, 0.6) is 0 Å². The highest BCUT2D eigenvalue weighted by Gasteiger charge is 2.45. The zero-order valence-corrected chi connectivity index (χ0v) is 35.2. The second-order valence-corrected chi connectivity index (χ2v) is 16.1. The number of cyclic esters (lactones) is 1. The van der Waals surface area contributed by atoms with Crippen molar-refractivity contribution >= 4 is 51.4 Å². The van der Waals surface area contributed by atoms with Gasteiger partial charge in [-0.05, 0) is 63.1 Å². The van der Waals surface area contributed by atoms with Crippen LogP contribution in [0, 0.1) is 0 Å². The summed E-state index contributed by atoms with van der Waals surface area (Å²) < 4.78 is 6.72. The van der Waals surface area contributed by atoms with E-state index in [0.717, 1.165) is 85.7 Å². The normalized spacial score (nSPS) is 18.2. The van der Waals surface area contributed by atoms with Gasteiger partial charge in [0.05, 0.1) is 55.4 Å². The van der Waals surface area contributed by atoms with Gasteiger partial charge in [0.25, 0.3) is 5.56 Å². The Morgan fingerprint density at radius 1 is 0.710 bits per heavy atom. The fourth-order valence-corrected chi connectivity index (χ4v) is 8.93. The largest absolute Gasteiger partial charge is 0.458 e. The molecule has 18 nitrogen and oxygen atoms in total. The maximum absolute atomic E-state index is 13.0. The van der Waals surface area contributed by atoms with Crippen LogP contribution >= 0.6 is 0 Å². The highest BCUT2D eigenvalue weighted by molar-refractivity contribution is 5.95. The van der Waals surface area contributed by atoms with Crippen molar-refractivity contribution in [1.82, 2.24) is 29.5 Å². The molecule has 9 rings (SSSR count). The van der Waals surface area contributed by atoms with E-state index >= 15 is 0 Å². The number of pyridine rings is 2. The average molecular weight is 853 g/mol. The number of piperidine rings is 2. The fourth-order valence-electron chi connectivity index (χ4n) is 8.93. The average Bonchev–Trinajstić information content (AvgIpc) is 3.67. The van der Waals surface area contributed by atoms with Crippen molar-refractivity contribution in [2.45, 2.75) is 70.6 Å². The first-order valence-electron chi connectivity index (χ1n) is 21.8. The quantitative estimate of drug-likeness (QED) is 0.105. The SMILES string of the molecule is CC[C@@]1(O)C(=O)OCc2c1cc1n(c2=O)Cc2cc3ccccc3nc2-1.OCCN(CCO)c1nc(N2CCCCC2)c2nc(N(CCO)CCO)nc(N3CCCCC3)c2n1. The van der Waals surface area contributed by atoms with Crippen molar-refractivity contribution in [3.63, 3.8) is 0 Å². The molecule has 5 N–H and O–H groups in total. The van der Waals surface area contributed by atoms with Crippen LogP contribution in [-0.2, 0) is 28.3 Å². The third-order valence-corrected chi connectivity index (χ3v) is 12.3. The summed E-state index contributed by atoms with van der Waals surface area (Å²) >= 11 is 0. The molecule has 0 radical (unpaired) electrons. The van der Waals surface area contributed by atoms with E-state index in [4.69, 9.17) is 29.7 Å². The van der Waals surface area contributed by atoms with Gasteiger partial charge in [-0.1, -0.05) is 25.1 Å². The van der Waals surface area contributed by atoms with Gasteiger partial charge in [-0.15, -0.1) is 0 Å². The predicted molar refractivity (Wildman–Crippen MR) is 235 cm³/mol. The monoisotopic (exact) mass is 852 g/mol. The number of hydrogen-bond acceptors (Lipinski definition) is 17. The molecule has 4 aliphatic heterocycles. The molecule has 0 spiro atoms. The van der Waals surface area contributed by atoms with E-state index in [1.165, 1.54) is 12.8 Å². The molecule has 0 aliphatic carbocycles. The van der Waals surface area contributed by atoms with Crippen LogP contribution in [0.4, 0.5) is 23.5 Å². The number of carbonyl (C=O) groups excluding carboxylic acids is 1. The van der Waals surface area contributed by atoms with Crippen LogP contribution in [-0.4, -0.2) is 140 Å². The molecular weight excluding hydrogens is 797 g/mol. The summed E-state index contributed by atoms with van der Waals surface area (Å²) in [6.07, 6.45) is 6.75. The molecular formula is C44H56N10O8. The minimum atomic E-state index is -1.79. The van der Waals surface area contributed by atoms with Crippen LogP contribution in [0.2, 0.25) is 0 Å². The van der Waals surface area contributed by atoms with Gasteiger partial charge in [-0.25, -0.2) is 19.7 Å². The van der Waals surface area contributed by atoms with Crippen LogP contribution < -0.4 is 25.2 Å². The topological polar surface area (TPSA) is 227 Å². The molecule has 0 unspecified atom stereocenters. The standard InChI is InChI=1S/C24H40N8O4.C20H16N2O4/c33-15-11-31(12-16-34)23-26-20-19(21(27-23)29-7-3-1-4-8-29)25-24(32(13-17-35)14-18-36)28-22(20)30-9-5-2-6-10-30;1-2-20(25)14-8-16-17-12(7-11-5-3-4-6-15(11)21-17)9-22(16)18(23)13(14)10-26-19(20)24/h33-36H,1-18H2;3-8,25H,2,9-10H2,1H3/t;20-/m.0/s1. The second kappa shape index (κ2) is 18.8. The van der Waals surface area contributed by atoms with E-state index in [0.29, 0.717) is 72.5 Å². The molecule has 0 amide bonds. The van der Waals surface area contributed by atoms with Crippen molar-refractivity contribution < 1.29 is 35.1 Å². The number of esters is 1. The molecule has 330 valence electrons. The van der Waals surface area contributed by atoms with Gasteiger partial charge in [0.2, 0.25) is 11.9 Å². The summed E-state index contributed by atoms with van der Waals surface area (Å²) in [5.41, 5.74) is 3.12. The summed E-state index contributed by atoms with van der Waals surface area (Å²) in [6, 6.07) is 11.6. The van der Waals surface area contributed by atoms with Crippen LogP contribution in [0.3, 0.4) is 0 Å². The predicted octanol–water partition coefficient (Wildman–Crippen LogP) is 2.06. The molecule has 4 aliphatic rings. The number of hydrogen-bond donors (Lipinski definition) is 5. The molecule has 4 aromatic heterocycles. The van der Waals surface area contributed by atoms with Crippen molar-refractivity contribution in [1.29, 1.82) is 0 Å². The Kier molecular flexibility index (Phi) is 13.1. The number of ether oxygens (including phenoxy) is 1. The first-order chi connectivity index (χ1) is 30.2. The van der Waals surface area contributed by atoms with Gasteiger partial charge in [0.15, 0.2) is 17.2 Å². The number of para-hydroxylation sites is 1. The molecule has 5 aromatic rings. The van der Waals surface area contributed by atoms with Gasteiger partial charge in [0.1, 0.15) is 17.6 Å². The van der Waals surface area contributed by atoms with Crippen molar-refractivity contribution in [2.75, 3.05) is 98.4 Å². The fraction of sp³-hybridized carbons (Fsp3) is 0.523. The van der Waals surface area contributed by atoms with Crippen LogP contribution in [0.25, 0.3) is 33.3 Å². The van der Waals surface area contributed by atoms with Crippen molar-refractivity contribution in [2.24, 2.45) is 0 Å². The Morgan fingerprint density at radius 2 is 1.24 bits per heavy atom. The lowest BCUT2D eigenvalue weighted by Gasteiger charge is -2.33. The van der Waals surface area contributed by atoms with Gasteiger partial charge in [0, 0.05) is 68.9 Å². The number of aromatic nitrogens is 6. The Morgan fingerprint density at radius 3 is 1.76 bits per heavy atom. The smallest absolute Gasteiger partial charge is 0.343 e. The Balaban J connectivity index is 0.000000179. The second-order valence-electron chi connectivity index (χ2n) is 16.1. The van der Waals surface area contributed by atoms with Crippen LogP contribution in [0.1, 0.15) is 68.6 Å². The molecule has 1 atom stereocenters. The highest BCUT2D eigenvalue weighted by Crippen LogP contribution is 2.39. The Hall–Kier alpha value is -5.53. The molecule has 2 saturated heterocycles. The zero-order valence-electron chi connectivity index (χ0n) is 35.2. The third kappa shape index (κ3) is 8.24. The molecule has 0 bridgehead atoms. The lowest BCUT2D eigenvalue weighted by molar-refractivity contribution is -0.172. The van der Waals surface area contributed by atoms with Crippen LogP contribution in [0.15, 0.2) is 41.2 Å². The number of rotatable bonds is 13. The van der Waals surface area contributed by atoms with Gasteiger partial charge < -0.3 is 54.4 Å². The maximum atomic E-state index is 13.0. The van der Waals surface area contributed by atoms with E-state index in [1.54, 1.807) is 27.4 Å². The Labute approximate surface area is 359 Å². The van der Waals surface area contributed by atoms with E-state index < -0.39 is 11.6 Å². The number of carbonyl (C=O) groups is 1. The number of nitrogens with zero attached hydrogens (tertiary/aromatic N) is 10. The minimum Gasteiger partial charge on any atom is -0.458 e. The summed E-state index contributed by atoms with van der Waals surface area (Å²) in [5, 5.41) is 50.4. The first-order valence-corrected chi connectivity index (χ1v) is 21.8. The summed E-state index contributed by atoms with van der Waals surface area (Å²) in [5.74, 6) is 1.64. The molecule has 8 heterocycles. The number of fused-ring (bicyclic) bond motifs is 6. The van der Waals surface area contributed by atoms with E-state index in [1.807, 2.05) is 30.3 Å². The lowest BCUT2D eigenvalue weighted by atomic mass is 9.86. The summed E-state index contributed by atoms with van der Waals surface area (Å²) in [4.78, 5) is 57.7. The summed E-state index contributed by atoms with van der Waals surface area (Å²) in [6.45, 7) is 6.39. The number of aliphatic hydroxyl groups is 5. The zero-order chi connectivity index (χ0) is 43.4. The number of benzene rings is 1. The lowest BCUT2D eigenvalue weighted by Crippen LogP contribution is -2.44.